The Morgan fingerprint density at radius 1 is 0.217 bits per heavy atom. The summed E-state index contributed by atoms with van der Waals surface area (Å²) in [6, 6.07) is 87.8. The molecule has 0 saturated heterocycles. The van der Waals surface area contributed by atoms with E-state index in [1.807, 2.05) is 0 Å². The van der Waals surface area contributed by atoms with Crippen LogP contribution in [0.3, 0.4) is 0 Å². The second-order valence-electron chi connectivity index (χ2n) is 15.3. The van der Waals surface area contributed by atoms with E-state index in [-0.39, 0.29) is 0 Å². The van der Waals surface area contributed by atoms with Crippen molar-refractivity contribution in [2.45, 2.75) is 0 Å². The van der Waals surface area contributed by atoms with Crippen molar-refractivity contribution in [3.63, 3.8) is 0 Å². The van der Waals surface area contributed by atoms with Crippen molar-refractivity contribution in [1.29, 1.82) is 0 Å². The molecule has 0 bridgehead atoms. The fourth-order valence-corrected chi connectivity index (χ4v) is 8.96. The van der Waals surface area contributed by atoms with Gasteiger partial charge in [-0.05, 0) is 140 Å². The van der Waals surface area contributed by atoms with E-state index in [9.17, 15) is 0 Å². The highest BCUT2D eigenvalue weighted by atomic mass is 15.1. The van der Waals surface area contributed by atoms with Gasteiger partial charge in [0.15, 0.2) is 0 Å². The highest BCUT2D eigenvalue weighted by Gasteiger charge is 2.19. The summed E-state index contributed by atoms with van der Waals surface area (Å²) < 4.78 is 0. The first kappa shape index (κ1) is 35.2. The molecule has 11 rings (SSSR count). The number of nitrogens with zero attached hydrogens (tertiary/aromatic N) is 2. The highest BCUT2D eigenvalue weighted by molar-refractivity contribution is 6.10. The maximum absolute atomic E-state index is 2.36. The number of hydrogen-bond donors (Lipinski definition) is 0. The maximum atomic E-state index is 2.36. The lowest BCUT2D eigenvalue weighted by molar-refractivity contribution is 1.30. The van der Waals surface area contributed by atoms with Crippen LogP contribution in [0.25, 0.3) is 65.3 Å². The zero-order valence-corrected chi connectivity index (χ0v) is 33.0. The van der Waals surface area contributed by atoms with Gasteiger partial charge in [-0.15, -0.1) is 0 Å². The Morgan fingerprint density at radius 3 is 0.883 bits per heavy atom. The summed E-state index contributed by atoms with van der Waals surface area (Å²) in [5.41, 5.74) is 11.7. The molecule has 0 aliphatic carbocycles. The molecule has 11 aromatic rings. The molecule has 0 radical (unpaired) electrons. The standard InChI is InChI=1S/C58H40N2/c1-5-17-47(18-6-1)59(48-19-7-2-8-20-48)57-35-33-51(53-25-13-15-27-55(53)57)43-31-29-41-38-46-40-44(32-30-42(46)37-45(41)39-43)52-34-36-58(56-28-16-14-26-54(52)56)60(49-21-9-3-10-22-49)50-23-11-4-12-24-50/h1-40H. The third kappa shape index (κ3) is 6.32. The number of hydrogen-bond acceptors (Lipinski definition) is 2. The third-order valence-electron chi connectivity index (χ3n) is 11.8. The molecular weight excluding hydrogens is 725 g/mol. The minimum absolute atomic E-state index is 1.13. The van der Waals surface area contributed by atoms with Crippen LogP contribution in [-0.2, 0) is 0 Å². The predicted octanol–water partition coefficient (Wildman–Crippen LogP) is 16.6. The molecule has 0 saturated carbocycles. The van der Waals surface area contributed by atoms with Crippen molar-refractivity contribution in [1.82, 2.24) is 0 Å². The number of para-hydroxylation sites is 4. The van der Waals surface area contributed by atoms with Crippen molar-refractivity contribution in [2.24, 2.45) is 0 Å². The van der Waals surface area contributed by atoms with E-state index in [4.69, 9.17) is 0 Å². The highest BCUT2D eigenvalue weighted by Crippen LogP contribution is 2.44. The molecule has 0 N–H and O–H groups in total. The molecular formula is C58H40N2. The summed E-state index contributed by atoms with van der Waals surface area (Å²) in [4.78, 5) is 4.71. The van der Waals surface area contributed by atoms with Crippen LogP contribution in [0.15, 0.2) is 243 Å². The van der Waals surface area contributed by atoms with Gasteiger partial charge in [0, 0.05) is 33.5 Å². The van der Waals surface area contributed by atoms with Crippen LogP contribution in [0.5, 0.6) is 0 Å². The maximum Gasteiger partial charge on any atom is 0.0540 e. The van der Waals surface area contributed by atoms with Crippen LogP contribution in [0.4, 0.5) is 34.1 Å². The Labute approximate surface area is 350 Å². The lowest BCUT2D eigenvalue weighted by atomic mass is 9.92. The van der Waals surface area contributed by atoms with Crippen molar-refractivity contribution < 1.29 is 0 Å². The average molecular weight is 765 g/mol. The van der Waals surface area contributed by atoms with Gasteiger partial charge >= 0.3 is 0 Å². The van der Waals surface area contributed by atoms with Gasteiger partial charge < -0.3 is 9.80 Å². The SMILES string of the molecule is c1ccc(N(c2ccccc2)c2ccc(-c3ccc4cc5cc(-c6ccc(N(c7ccccc7)c7ccccc7)c7ccccc67)ccc5cc4c3)c3ccccc23)cc1. The van der Waals surface area contributed by atoms with E-state index in [1.54, 1.807) is 0 Å². The van der Waals surface area contributed by atoms with Gasteiger partial charge in [-0.3, -0.25) is 0 Å². The molecule has 60 heavy (non-hydrogen) atoms. The van der Waals surface area contributed by atoms with Gasteiger partial charge in [0.1, 0.15) is 0 Å². The minimum atomic E-state index is 1.13. The zero-order chi connectivity index (χ0) is 39.8. The normalized spacial score (nSPS) is 11.3. The molecule has 0 unspecified atom stereocenters. The molecule has 11 aromatic carbocycles. The smallest absolute Gasteiger partial charge is 0.0540 e. The Hall–Kier alpha value is -7.94. The van der Waals surface area contributed by atoms with E-state index in [0.717, 1.165) is 34.1 Å². The fourth-order valence-electron chi connectivity index (χ4n) is 8.96. The van der Waals surface area contributed by atoms with Crippen molar-refractivity contribution in [3.8, 4) is 22.3 Å². The quantitative estimate of drug-likeness (QED) is 0.142. The zero-order valence-electron chi connectivity index (χ0n) is 33.0. The lowest BCUT2D eigenvalue weighted by Crippen LogP contribution is -2.10. The molecule has 0 amide bonds. The number of fused-ring (bicyclic) bond motifs is 4. The minimum Gasteiger partial charge on any atom is -0.310 e. The molecule has 0 spiro atoms. The van der Waals surface area contributed by atoms with E-state index in [1.165, 1.54) is 65.3 Å². The van der Waals surface area contributed by atoms with Crippen molar-refractivity contribution >= 4 is 77.2 Å². The summed E-state index contributed by atoms with van der Waals surface area (Å²) in [6.45, 7) is 0. The Balaban J connectivity index is 0.979. The second kappa shape index (κ2) is 15.1. The van der Waals surface area contributed by atoms with Crippen molar-refractivity contribution in [3.05, 3.63) is 243 Å². The topological polar surface area (TPSA) is 6.48 Å². The van der Waals surface area contributed by atoms with E-state index in [0.29, 0.717) is 0 Å². The molecule has 2 heteroatoms. The van der Waals surface area contributed by atoms with Crippen molar-refractivity contribution in [2.75, 3.05) is 9.80 Å². The van der Waals surface area contributed by atoms with E-state index >= 15 is 0 Å². The number of benzene rings is 11. The molecule has 0 fully saturated rings. The van der Waals surface area contributed by atoms with E-state index < -0.39 is 0 Å². The fraction of sp³-hybridized carbons (Fsp3) is 0. The molecule has 2 nitrogen and oxygen atoms in total. The first-order chi connectivity index (χ1) is 29.8. The van der Waals surface area contributed by atoms with Gasteiger partial charge in [-0.2, -0.15) is 0 Å². The predicted molar refractivity (Wildman–Crippen MR) is 257 cm³/mol. The Kier molecular flexibility index (Phi) is 8.87. The van der Waals surface area contributed by atoms with Gasteiger partial charge in [-0.25, -0.2) is 0 Å². The Bertz CT molecular complexity index is 3000. The van der Waals surface area contributed by atoms with Gasteiger partial charge in [-0.1, -0.05) is 158 Å². The van der Waals surface area contributed by atoms with E-state index in [2.05, 4.69) is 252 Å². The van der Waals surface area contributed by atoms with Crippen LogP contribution >= 0.6 is 0 Å². The van der Waals surface area contributed by atoms with Gasteiger partial charge in [0.25, 0.3) is 0 Å². The van der Waals surface area contributed by atoms with Gasteiger partial charge in [0.2, 0.25) is 0 Å². The van der Waals surface area contributed by atoms with Gasteiger partial charge in [0.05, 0.1) is 11.4 Å². The van der Waals surface area contributed by atoms with Crippen LogP contribution in [0.2, 0.25) is 0 Å². The third-order valence-corrected chi connectivity index (χ3v) is 11.8. The monoisotopic (exact) mass is 764 g/mol. The molecule has 0 aliphatic rings. The molecule has 0 heterocycles. The number of rotatable bonds is 8. The summed E-state index contributed by atoms with van der Waals surface area (Å²) in [6.07, 6.45) is 0. The largest absolute Gasteiger partial charge is 0.310 e. The van der Waals surface area contributed by atoms with Crippen LogP contribution in [0, 0.1) is 0 Å². The first-order valence-electron chi connectivity index (χ1n) is 20.6. The summed E-state index contributed by atoms with van der Waals surface area (Å²) in [5, 5.41) is 9.79. The Morgan fingerprint density at radius 2 is 0.533 bits per heavy atom. The average Bonchev–Trinajstić information content (AvgIpc) is 3.32. The molecule has 0 atom stereocenters. The lowest BCUT2D eigenvalue weighted by Gasteiger charge is -2.27. The van der Waals surface area contributed by atoms with Crippen LogP contribution in [-0.4, -0.2) is 0 Å². The van der Waals surface area contributed by atoms with Crippen LogP contribution in [0.1, 0.15) is 0 Å². The summed E-state index contributed by atoms with van der Waals surface area (Å²) in [5.74, 6) is 0. The summed E-state index contributed by atoms with van der Waals surface area (Å²) in [7, 11) is 0. The molecule has 0 aromatic heterocycles. The first-order valence-corrected chi connectivity index (χ1v) is 20.6. The molecule has 282 valence electrons. The molecule has 0 aliphatic heterocycles. The summed E-state index contributed by atoms with van der Waals surface area (Å²) >= 11 is 0. The second-order valence-corrected chi connectivity index (χ2v) is 15.3. The number of anilines is 6. The van der Waals surface area contributed by atoms with Crippen LogP contribution < -0.4 is 9.80 Å².